The van der Waals surface area contributed by atoms with Crippen molar-refractivity contribution >= 4 is 41.9 Å². The predicted molar refractivity (Wildman–Crippen MR) is 147 cm³/mol. The highest BCUT2D eigenvalue weighted by Gasteiger charge is 2.40. The van der Waals surface area contributed by atoms with Crippen molar-refractivity contribution in [1.82, 2.24) is 4.90 Å². The first-order valence-corrected chi connectivity index (χ1v) is 15.9. The zero-order valence-corrected chi connectivity index (χ0v) is 24.9. The Hall–Kier alpha value is -1.50. The van der Waals surface area contributed by atoms with Gasteiger partial charge in [0.05, 0.1) is 5.02 Å². The third-order valence-corrected chi connectivity index (χ3v) is 11.9. The number of hydrogen-bond acceptors (Lipinski definition) is 3. The van der Waals surface area contributed by atoms with E-state index in [0.29, 0.717) is 24.5 Å². The Bertz CT molecular complexity index is 1040. The topological polar surface area (TPSA) is 38.8 Å². The van der Waals surface area contributed by atoms with Gasteiger partial charge in [0.15, 0.2) is 0 Å². The van der Waals surface area contributed by atoms with Gasteiger partial charge in [-0.2, -0.15) is 0 Å². The van der Waals surface area contributed by atoms with Gasteiger partial charge in [-0.3, -0.25) is 0 Å². The zero-order chi connectivity index (χ0) is 25.5. The number of fused-ring (bicyclic) bond motifs is 1. The SMILES string of the molecule is CC(C)(C)OC(=O)N1CCc2cc(Cl)c(O[Si](C)(C)C(C)(C)C)cc2[C@@H](c2ccc(Br)cc2)C1. The molecule has 0 saturated heterocycles. The van der Waals surface area contributed by atoms with Crippen LogP contribution in [-0.4, -0.2) is 38.0 Å². The van der Waals surface area contributed by atoms with Crippen LogP contribution in [0.4, 0.5) is 4.79 Å². The summed E-state index contributed by atoms with van der Waals surface area (Å²) in [6, 6.07) is 12.5. The molecular formula is C27H37BrClNO3Si. The van der Waals surface area contributed by atoms with Crippen molar-refractivity contribution in [3.8, 4) is 5.75 Å². The van der Waals surface area contributed by atoms with Gasteiger partial charge in [-0.05, 0) is 86.3 Å². The predicted octanol–water partition coefficient (Wildman–Crippen LogP) is 8.41. The lowest BCUT2D eigenvalue weighted by Gasteiger charge is -2.37. The van der Waals surface area contributed by atoms with Gasteiger partial charge in [-0.1, -0.05) is 60.4 Å². The lowest BCUT2D eigenvalue weighted by atomic mass is 9.88. The number of hydrogen-bond donors (Lipinski definition) is 0. The molecule has 0 unspecified atom stereocenters. The molecule has 1 aliphatic heterocycles. The number of rotatable bonds is 3. The summed E-state index contributed by atoms with van der Waals surface area (Å²) in [5.41, 5.74) is 2.90. The summed E-state index contributed by atoms with van der Waals surface area (Å²) in [5.74, 6) is 0.719. The monoisotopic (exact) mass is 565 g/mol. The Morgan fingerprint density at radius 3 is 2.26 bits per heavy atom. The molecular weight excluding hydrogens is 530 g/mol. The number of carbonyl (C=O) groups excluding carboxylic acids is 1. The fourth-order valence-corrected chi connectivity index (χ4v) is 5.37. The Morgan fingerprint density at radius 2 is 1.71 bits per heavy atom. The minimum absolute atomic E-state index is 0.0165. The van der Waals surface area contributed by atoms with Crippen LogP contribution in [0.15, 0.2) is 40.9 Å². The van der Waals surface area contributed by atoms with E-state index in [9.17, 15) is 4.79 Å². The fraction of sp³-hybridized carbons (Fsp3) is 0.519. The molecule has 34 heavy (non-hydrogen) atoms. The first kappa shape index (κ1) is 27.1. The molecule has 186 valence electrons. The molecule has 0 radical (unpaired) electrons. The molecule has 7 heteroatoms. The van der Waals surface area contributed by atoms with Crippen molar-refractivity contribution < 1.29 is 14.0 Å². The Kier molecular flexibility index (Phi) is 7.86. The molecule has 2 aromatic rings. The number of ether oxygens (including phenoxy) is 1. The van der Waals surface area contributed by atoms with Gasteiger partial charge >= 0.3 is 6.09 Å². The molecule has 1 amide bonds. The molecule has 0 spiro atoms. The summed E-state index contributed by atoms with van der Waals surface area (Å²) >= 11 is 10.3. The average molecular weight is 567 g/mol. The van der Waals surface area contributed by atoms with E-state index >= 15 is 0 Å². The highest BCUT2D eigenvalue weighted by Crippen LogP contribution is 2.42. The third kappa shape index (κ3) is 6.38. The third-order valence-electron chi connectivity index (χ3n) is 6.72. The molecule has 1 heterocycles. The molecule has 0 aliphatic carbocycles. The highest BCUT2D eigenvalue weighted by molar-refractivity contribution is 9.10. The van der Waals surface area contributed by atoms with Crippen molar-refractivity contribution in [3.05, 3.63) is 62.6 Å². The maximum Gasteiger partial charge on any atom is 0.410 e. The molecule has 0 fully saturated rings. The summed E-state index contributed by atoms with van der Waals surface area (Å²) in [4.78, 5) is 14.9. The number of benzene rings is 2. The first-order chi connectivity index (χ1) is 15.6. The normalized spacial score (nSPS) is 17.1. The van der Waals surface area contributed by atoms with E-state index in [1.165, 1.54) is 0 Å². The van der Waals surface area contributed by atoms with Gasteiger partial charge in [0.2, 0.25) is 0 Å². The zero-order valence-electron chi connectivity index (χ0n) is 21.6. The van der Waals surface area contributed by atoms with E-state index in [-0.39, 0.29) is 17.0 Å². The summed E-state index contributed by atoms with van der Waals surface area (Å²) in [6.45, 7) is 17.9. The van der Waals surface area contributed by atoms with Crippen LogP contribution in [0, 0.1) is 0 Å². The second-order valence-electron chi connectivity index (χ2n) is 11.6. The summed E-state index contributed by atoms with van der Waals surface area (Å²) in [7, 11) is -2.08. The van der Waals surface area contributed by atoms with Gasteiger partial charge < -0.3 is 14.1 Å². The minimum Gasteiger partial charge on any atom is -0.542 e. The van der Waals surface area contributed by atoms with Crippen molar-refractivity contribution in [3.63, 3.8) is 0 Å². The standard InChI is InChI=1S/C27H37BrClNO3Si/c1-26(2,3)32-25(31)30-14-13-19-15-23(29)24(33-34(7,8)27(4,5)6)16-21(19)22(17-30)18-9-11-20(28)12-10-18/h9-12,15-16,22H,13-14,17H2,1-8H3/t22-/m1/s1. The molecule has 4 nitrogen and oxygen atoms in total. The largest absolute Gasteiger partial charge is 0.542 e. The molecule has 0 bridgehead atoms. The van der Waals surface area contributed by atoms with Crippen LogP contribution in [0.2, 0.25) is 23.2 Å². The Balaban J connectivity index is 2.06. The van der Waals surface area contributed by atoms with E-state index in [1.807, 2.05) is 43.9 Å². The van der Waals surface area contributed by atoms with Crippen LogP contribution in [0.25, 0.3) is 0 Å². The molecule has 0 saturated carbocycles. The molecule has 2 aromatic carbocycles. The average Bonchev–Trinajstić information content (AvgIpc) is 2.86. The number of nitrogens with zero attached hydrogens (tertiary/aromatic N) is 1. The van der Waals surface area contributed by atoms with E-state index in [0.717, 1.165) is 26.9 Å². The van der Waals surface area contributed by atoms with E-state index < -0.39 is 13.9 Å². The van der Waals surface area contributed by atoms with Crippen LogP contribution in [0.1, 0.15) is 64.2 Å². The minimum atomic E-state index is -2.08. The van der Waals surface area contributed by atoms with Gasteiger partial charge in [0.1, 0.15) is 11.4 Å². The lowest BCUT2D eigenvalue weighted by molar-refractivity contribution is 0.0251. The van der Waals surface area contributed by atoms with E-state index in [2.05, 4.69) is 68.0 Å². The van der Waals surface area contributed by atoms with Crippen molar-refractivity contribution in [2.45, 2.75) is 77.6 Å². The Labute approximate surface area is 219 Å². The van der Waals surface area contributed by atoms with E-state index in [1.54, 1.807) is 0 Å². The van der Waals surface area contributed by atoms with Crippen molar-refractivity contribution in [2.75, 3.05) is 13.1 Å². The van der Waals surface area contributed by atoms with Crippen LogP contribution < -0.4 is 4.43 Å². The molecule has 3 rings (SSSR count). The first-order valence-electron chi connectivity index (χ1n) is 11.8. The molecule has 1 aliphatic rings. The summed E-state index contributed by atoms with van der Waals surface area (Å²) < 4.78 is 13.4. The number of carbonyl (C=O) groups is 1. The van der Waals surface area contributed by atoms with Crippen LogP contribution >= 0.6 is 27.5 Å². The molecule has 0 N–H and O–H groups in total. The van der Waals surface area contributed by atoms with Crippen LogP contribution in [-0.2, 0) is 11.2 Å². The summed E-state index contributed by atoms with van der Waals surface area (Å²) in [5, 5.41) is 0.686. The van der Waals surface area contributed by atoms with Crippen molar-refractivity contribution in [2.24, 2.45) is 0 Å². The van der Waals surface area contributed by atoms with Gasteiger partial charge in [-0.25, -0.2) is 4.79 Å². The summed E-state index contributed by atoms with van der Waals surface area (Å²) in [6.07, 6.45) is 0.424. The lowest BCUT2D eigenvalue weighted by Crippen LogP contribution is -2.44. The van der Waals surface area contributed by atoms with Gasteiger partial charge in [-0.15, -0.1) is 0 Å². The molecule has 1 atom stereocenters. The van der Waals surface area contributed by atoms with Crippen molar-refractivity contribution in [1.29, 1.82) is 0 Å². The smallest absolute Gasteiger partial charge is 0.410 e. The van der Waals surface area contributed by atoms with Crippen LogP contribution in [0.5, 0.6) is 5.75 Å². The second-order valence-corrected chi connectivity index (χ2v) is 17.7. The van der Waals surface area contributed by atoms with E-state index in [4.69, 9.17) is 20.8 Å². The van der Waals surface area contributed by atoms with Gasteiger partial charge in [0, 0.05) is 23.5 Å². The highest BCUT2D eigenvalue weighted by atomic mass is 79.9. The quantitative estimate of drug-likeness (QED) is 0.350. The fourth-order valence-electron chi connectivity index (χ4n) is 3.80. The Morgan fingerprint density at radius 1 is 1.09 bits per heavy atom. The second kappa shape index (κ2) is 9.86. The maximum absolute atomic E-state index is 13.0. The number of halogens is 2. The molecule has 0 aromatic heterocycles. The van der Waals surface area contributed by atoms with Crippen LogP contribution in [0.3, 0.4) is 0 Å². The van der Waals surface area contributed by atoms with Gasteiger partial charge in [0.25, 0.3) is 8.32 Å². The maximum atomic E-state index is 13.0. The number of amides is 1.